The number of carboxylic acid groups (broad SMARTS) is 1. The van der Waals surface area contributed by atoms with Crippen LogP contribution in [0.15, 0.2) is 18.2 Å². The molecule has 3 rings (SSSR count). The normalized spacial score (nSPS) is 11.0. The quantitative estimate of drug-likeness (QED) is 0.676. The zero-order valence-electron chi connectivity index (χ0n) is 11.2. The molecule has 2 heterocycles. The van der Waals surface area contributed by atoms with Crippen LogP contribution in [-0.2, 0) is 0 Å². The molecule has 3 N–H and O–H groups in total. The first-order valence-electron chi connectivity index (χ1n) is 6.16. The second kappa shape index (κ2) is 4.76. The van der Waals surface area contributed by atoms with Crippen LogP contribution >= 0.6 is 0 Å². The molecular weight excluding hydrogens is 296 g/mol. The molecule has 0 aliphatic heterocycles. The van der Waals surface area contributed by atoms with Gasteiger partial charge in [-0.15, -0.1) is 0 Å². The molecule has 8 heteroatoms. The van der Waals surface area contributed by atoms with E-state index in [2.05, 4.69) is 15.2 Å². The topological polar surface area (TPSA) is 99.1 Å². The number of rotatable bonds is 2. The average molecular weight is 305 g/mol. The number of pyridine rings is 1. The predicted octanol–water partition coefficient (Wildman–Crippen LogP) is 2.62. The Kier molecular flexibility index (Phi) is 3.01. The van der Waals surface area contributed by atoms with Crippen LogP contribution < -0.4 is 0 Å². The summed E-state index contributed by atoms with van der Waals surface area (Å²) < 4.78 is 27.8. The first-order valence-corrected chi connectivity index (χ1v) is 6.16. The molecule has 0 unspecified atom stereocenters. The highest BCUT2D eigenvalue weighted by Crippen LogP contribution is 2.31. The molecule has 0 radical (unpaired) electrons. The lowest BCUT2D eigenvalue weighted by Crippen LogP contribution is -2.02. The fourth-order valence-electron chi connectivity index (χ4n) is 2.29. The van der Waals surface area contributed by atoms with Gasteiger partial charge in [-0.25, -0.2) is 18.6 Å². The number of nitrogens with one attached hydrogen (secondary N) is 1. The molecule has 6 nitrogen and oxygen atoms in total. The number of aromatic carboxylic acids is 1. The Balaban J connectivity index is 2.36. The standard InChI is InChI=1S/C14H9F2N3O3/c1-5-11-7(14(21)22)4-10(17-13(11)19-18-5)12-8(15)2-6(20)3-9(12)16/h2-4,20H,1H3,(H,21,22)(H,17,18,19). The summed E-state index contributed by atoms with van der Waals surface area (Å²) in [7, 11) is 0. The molecule has 112 valence electrons. The Labute approximate surface area is 122 Å². The first kappa shape index (κ1) is 13.9. The van der Waals surface area contributed by atoms with Crippen molar-refractivity contribution in [2.24, 2.45) is 0 Å². The van der Waals surface area contributed by atoms with Crippen molar-refractivity contribution >= 4 is 17.0 Å². The second-order valence-electron chi connectivity index (χ2n) is 4.68. The summed E-state index contributed by atoms with van der Waals surface area (Å²) in [5.74, 6) is -3.93. The molecule has 0 bridgehead atoms. The number of benzene rings is 1. The largest absolute Gasteiger partial charge is 0.508 e. The van der Waals surface area contributed by atoms with Crippen molar-refractivity contribution in [2.75, 3.05) is 0 Å². The van der Waals surface area contributed by atoms with Gasteiger partial charge in [-0.3, -0.25) is 5.10 Å². The average Bonchev–Trinajstić information content (AvgIpc) is 2.78. The predicted molar refractivity (Wildman–Crippen MR) is 72.6 cm³/mol. The highest BCUT2D eigenvalue weighted by molar-refractivity contribution is 6.03. The second-order valence-corrected chi connectivity index (χ2v) is 4.68. The summed E-state index contributed by atoms with van der Waals surface area (Å²) in [4.78, 5) is 15.4. The summed E-state index contributed by atoms with van der Waals surface area (Å²) in [6.07, 6.45) is 0. The van der Waals surface area contributed by atoms with E-state index in [9.17, 15) is 23.8 Å². The van der Waals surface area contributed by atoms with Gasteiger partial charge in [0.2, 0.25) is 0 Å². The van der Waals surface area contributed by atoms with E-state index in [1.807, 2.05) is 0 Å². The van der Waals surface area contributed by atoms with Crippen LogP contribution in [-0.4, -0.2) is 31.4 Å². The van der Waals surface area contributed by atoms with Crippen molar-refractivity contribution < 1.29 is 23.8 Å². The Hall–Kier alpha value is -3.03. The zero-order valence-corrected chi connectivity index (χ0v) is 11.2. The maximum absolute atomic E-state index is 13.9. The Bertz CT molecular complexity index is 898. The van der Waals surface area contributed by atoms with Crippen molar-refractivity contribution in [3.05, 3.63) is 41.1 Å². The molecule has 0 amide bonds. The molecule has 22 heavy (non-hydrogen) atoms. The Morgan fingerprint density at radius 3 is 2.45 bits per heavy atom. The van der Waals surface area contributed by atoms with Crippen LogP contribution in [0.2, 0.25) is 0 Å². The summed E-state index contributed by atoms with van der Waals surface area (Å²) in [6.45, 7) is 1.59. The van der Waals surface area contributed by atoms with E-state index in [1.54, 1.807) is 6.92 Å². The van der Waals surface area contributed by atoms with Gasteiger partial charge in [-0.1, -0.05) is 0 Å². The molecule has 2 aromatic heterocycles. The number of H-pyrrole nitrogens is 1. The van der Waals surface area contributed by atoms with E-state index in [0.29, 0.717) is 5.69 Å². The number of fused-ring (bicyclic) bond motifs is 1. The van der Waals surface area contributed by atoms with Gasteiger partial charge in [-0.05, 0) is 13.0 Å². The maximum Gasteiger partial charge on any atom is 0.336 e. The Morgan fingerprint density at radius 2 is 1.86 bits per heavy atom. The number of aromatic amines is 1. The van der Waals surface area contributed by atoms with Crippen LogP contribution in [0.3, 0.4) is 0 Å². The van der Waals surface area contributed by atoms with Crippen molar-refractivity contribution in [1.29, 1.82) is 0 Å². The highest BCUT2D eigenvalue weighted by Gasteiger charge is 2.21. The van der Waals surface area contributed by atoms with Crippen LogP contribution in [0.25, 0.3) is 22.3 Å². The van der Waals surface area contributed by atoms with Gasteiger partial charge < -0.3 is 10.2 Å². The first-order chi connectivity index (χ1) is 10.4. The third-order valence-electron chi connectivity index (χ3n) is 3.22. The minimum atomic E-state index is -1.27. The smallest absolute Gasteiger partial charge is 0.336 e. The number of phenols is 1. The number of nitrogens with zero attached hydrogens (tertiary/aromatic N) is 2. The molecular formula is C14H9F2N3O3. The molecule has 0 spiro atoms. The highest BCUT2D eigenvalue weighted by atomic mass is 19.1. The minimum Gasteiger partial charge on any atom is -0.508 e. The fraction of sp³-hybridized carbons (Fsp3) is 0.0714. The summed E-state index contributed by atoms with van der Waals surface area (Å²) in [6, 6.07) is 2.53. The van der Waals surface area contributed by atoms with Gasteiger partial charge in [-0.2, -0.15) is 5.10 Å². The van der Waals surface area contributed by atoms with Crippen molar-refractivity contribution in [2.45, 2.75) is 6.92 Å². The molecule has 0 aliphatic rings. The maximum atomic E-state index is 13.9. The van der Waals surface area contributed by atoms with Gasteiger partial charge in [0.05, 0.1) is 27.9 Å². The van der Waals surface area contributed by atoms with Gasteiger partial charge in [0.25, 0.3) is 0 Å². The number of aromatic hydroxyl groups is 1. The van der Waals surface area contributed by atoms with E-state index in [0.717, 1.165) is 18.2 Å². The number of hydrogen-bond acceptors (Lipinski definition) is 4. The zero-order chi connectivity index (χ0) is 16.0. The van der Waals surface area contributed by atoms with Gasteiger partial charge in [0.1, 0.15) is 17.4 Å². The van der Waals surface area contributed by atoms with E-state index in [-0.39, 0.29) is 22.3 Å². The third kappa shape index (κ3) is 2.05. The summed E-state index contributed by atoms with van der Waals surface area (Å²) in [5, 5.41) is 25.1. The molecule has 0 saturated heterocycles. The number of carbonyl (C=O) groups is 1. The Morgan fingerprint density at radius 1 is 1.23 bits per heavy atom. The lowest BCUT2D eigenvalue weighted by molar-refractivity contribution is 0.0699. The molecule has 0 atom stereocenters. The number of halogens is 2. The number of phenolic OH excluding ortho intramolecular Hbond substituents is 1. The summed E-state index contributed by atoms with van der Waals surface area (Å²) >= 11 is 0. The van der Waals surface area contributed by atoms with E-state index >= 15 is 0 Å². The molecule has 0 aliphatic carbocycles. The fourth-order valence-corrected chi connectivity index (χ4v) is 2.29. The number of aryl methyl sites for hydroxylation is 1. The summed E-state index contributed by atoms with van der Waals surface area (Å²) in [5.41, 5.74) is -0.367. The van der Waals surface area contributed by atoms with Crippen molar-refractivity contribution in [3.63, 3.8) is 0 Å². The molecule has 3 aromatic rings. The molecule has 0 fully saturated rings. The van der Waals surface area contributed by atoms with Gasteiger partial charge in [0, 0.05) is 12.1 Å². The van der Waals surface area contributed by atoms with Gasteiger partial charge >= 0.3 is 5.97 Å². The van der Waals surface area contributed by atoms with Crippen LogP contribution in [0.5, 0.6) is 5.75 Å². The van der Waals surface area contributed by atoms with Crippen LogP contribution in [0, 0.1) is 18.6 Å². The molecule has 1 aromatic carbocycles. The van der Waals surface area contributed by atoms with E-state index in [4.69, 9.17) is 0 Å². The number of carboxylic acids is 1. The van der Waals surface area contributed by atoms with Crippen molar-refractivity contribution in [3.8, 4) is 17.0 Å². The van der Waals surface area contributed by atoms with Crippen LogP contribution in [0.4, 0.5) is 8.78 Å². The van der Waals surface area contributed by atoms with E-state index in [1.165, 1.54) is 0 Å². The minimum absolute atomic E-state index is 0.110. The lowest BCUT2D eigenvalue weighted by Gasteiger charge is -2.07. The van der Waals surface area contributed by atoms with Crippen molar-refractivity contribution in [1.82, 2.24) is 15.2 Å². The van der Waals surface area contributed by atoms with Crippen LogP contribution in [0.1, 0.15) is 16.1 Å². The third-order valence-corrected chi connectivity index (χ3v) is 3.22. The monoisotopic (exact) mass is 305 g/mol. The lowest BCUT2D eigenvalue weighted by atomic mass is 10.0. The molecule has 0 saturated carbocycles. The van der Waals surface area contributed by atoms with E-state index < -0.39 is 28.9 Å². The number of aromatic nitrogens is 3. The SMILES string of the molecule is Cc1n[nH]c2nc(-c3c(F)cc(O)cc3F)cc(C(=O)O)c12. The van der Waals surface area contributed by atoms with Gasteiger partial charge in [0.15, 0.2) is 5.65 Å². The number of hydrogen-bond donors (Lipinski definition) is 3.